The van der Waals surface area contributed by atoms with Gasteiger partial charge in [-0.15, -0.1) is 0 Å². The van der Waals surface area contributed by atoms with Crippen molar-refractivity contribution in [3.05, 3.63) is 11.5 Å². The van der Waals surface area contributed by atoms with Crippen LogP contribution in [0.4, 0.5) is 0 Å². The van der Waals surface area contributed by atoms with Crippen LogP contribution in [-0.4, -0.2) is 68.3 Å². The third-order valence-corrected chi connectivity index (χ3v) is 1.48. The zero-order valence-corrected chi connectivity index (χ0v) is 5.97. The Morgan fingerprint density at radius 1 is 1.46 bits per heavy atom. The Balaban J connectivity index is 0.00000144. The number of rotatable bonds is 2. The lowest BCUT2D eigenvalue weighted by Gasteiger charge is -2.13. The molecule has 0 radical (unpaired) electrons. The largest absolute Gasteiger partial charge is 0.505 e. The first-order valence-corrected chi connectivity index (χ1v) is 3.20. The van der Waals surface area contributed by atoms with E-state index in [0.717, 1.165) is 0 Å². The molecule has 0 aromatic heterocycles. The van der Waals surface area contributed by atoms with Crippen molar-refractivity contribution in [2.45, 2.75) is 12.2 Å². The Morgan fingerprint density at radius 2 is 2.00 bits per heavy atom. The van der Waals surface area contributed by atoms with E-state index >= 15 is 0 Å². The van der Waals surface area contributed by atoms with E-state index in [9.17, 15) is 4.79 Å². The highest BCUT2D eigenvalue weighted by Gasteiger charge is 2.38. The molecule has 0 fully saturated rings. The van der Waals surface area contributed by atoms with Gasteiger partial charge in [-0.3, -0.25) is 0 Å². The lowest BCUT2D eigenvalue weighted by Crippen LogP contribution is -2.31. The summed E-state index contributed by atoms with van der Waals surface area (Å²) in [5.41, 5.74) is 0. The number of hydrogen-bond donors (Lipinski definition) is 4. The molecule has 0 saturated heterocycles. The number of aliphatic hydroxyl groups excluding tert-OH is 4. The van der Waals surface area contributed by atoms with E-state index in [4.69, 9.17) is 20.4 Å². The molecule has 1 aliphatic rings. The van der Waals surface area contributed by atoms with Crippen molar-refractivity contribution >= 4 is 29.0 Å². The van der Waals surface area contributed by atoms with E-state index in [1.807, 2.05) is 0 Å². The van der Waals surface area contributed by atoms with Crippen LogP contribution < -0.4 is 0 Å². The van der Waals surface area contributed by atoms with Crippen LogP contribution in [0.2, 0.25) is 0 Å². The van der Waals surface area contributed by atoms with Crippen LogP contribution in [0, 0.1) is 0 Å². The van der Waals surface area contributed by atoms with Crippen molar-refractivity contribution < 1.29 is 30.0 Å². The van der Waals surface area contributed by atoms with Gasteiger partial charge in [0, 0.05) is 0 Å². The van der Waals surface area contributed by atoms with Crippen molar-refractivity contribution in [2.75, 3.05) is 6.61 Å². The van der Waals surface area contributed by atoms with E-state index in [-0.39, 0.29) is 23.1 Å². The number of esters is 1. The van der Waals surface area contributed by atoms with Crippen molar-refractivity contribution in [2.24, 2.45) is 0 Å². The molecular formula is C6H10MgO6. The summed E-state index contributed by atoms with van der Waals surface area (Å²) in [7, 11) is 0. The van der Waals surface area contributed by atoms with E-state index < -0.39 is 36.3 Å². The number of ether oxygens (including phenoxy) is 1. The number of hydrogen-bond acceptors (Lipinski definition) is 6. The van der Waals surface area contributed by atoms with Crippen LogP contribution >= 0.6 is 0 Å². The summed E-state index contributed by atoms with van der Waals surface area (Å²) in [6, 6.07) is 0. The fraction of sp³-hybridized carbons (Fsp3) is 0.500. The van der Waals surface area contributed by atoms with Gasteiger partial charge in [-0.05, 0) is 0 Å². The lowest BCUT2D eigenvalue weighted by molar-refractivity contribution is -0.147. The summed E-state index contributed by atoms with van der Waals surface area (Å²) in [6.07, 6.45) is -2.78. The first kappa shape index (κ1) is 12.5. The SMILES string of the molecule is O=C1O[C@H](C(O)CO)C(O)=C1O.[MgH2]. The quantitative estimate of drug-likeness (QED) is 0.296. The highest BCUT2D eigenvalue weighted by Crippen LogP contribution is 2.20. The average molecular weight is 202 g/mol. The molecule has 0 saturated carbocycles. The van der Waals surface area contributed by atoms with Crippen LogP contribution in [0.5, 0.6) is 0 Å². The first-order valence-electron chi connectivity index (χ1n) is 3.20. The summed E-state index contributed by atoms with van der Waals surface area (Å²) in [4.78, 5) is 10.5. The minimum Gasteiger partial charge on any atom is -0.505 e. The Kier molecular flexibility index (Phi) is 4.47. The van der Waals surface area contributed by atoms with E-state index in [1.165, 1.54) is 0 Å². The maximum atomic E-state index is 10.5. The zero-order valence-electron chi connectivity index (χ0n) is 5.97. The predicted octanol–water partition coefficient (Wildman–Crippen LogP) is -2.32. The zero-order chi connectivity index (χ0) is 9.30. The summed E-state index contributed by atoms with van der Waals surface area (Å²) in [6.45, 7) is -0.671. The van der Waals surface area contributed by atoms with Gasteiger partial charge in [0.05, 0.1) is 6.61 Å². The van der Waals surface area contributed by atoms with E-state index in [2.05, 4.69) is 4.74 Å². The molecular weight excluding hydrogens is 192 g/mol. The molecule has 0 aliphatic carbocycles. The third kappa shape index (κ3) is 2.24. The van der Waals surface area contributed by atoms with Crippen molar-refractivity contribution in [1.29, 1.82) is 0 Å². The Morgan fingerprint density at radius 3 is 2.31 bits per heavy atom. The molecule has 0 aromatic carbocycles. The maximum Gasteiger partial charge on any atom is 0.377 e. The van der Waals surface area contributed by atoms with Crippen molar-refractivity contribution in [1.82, 2.24) is 0 Å². The van der Waals surface area contributed by atoms with Gasteiger partial charge in [0.2, 0.25) is 5.76 Å². The highest BCUT2D eigenvalue weighted by molar-refractivity contribution is 5.89. The molecule has 7 heteroatoms. The second kappa shape index (κ2) is 4.65. The average Bonchev–Trinajstić information content (AvgIpc) is 2.32. The van der Waals surface area contributed by atoms with Crippen LogP contribution in [0.1, 0.15) is 0 Å². The molecule has 6 nitrogen and oxygen atoms in total. The molecule has 2 atom stereocenters. The Bertz CT molecular complexity index is 237. The molecule has 1 rings (SSSR count). The molecule has 72 valence electrons. The van der Waals surface area contributed by atoms with Gasteiger partial charge in [-0.1, -0.05) is 0 Å². The fourth-order valence-electron chi connectivity index (χ4n) is 0.823. The topological polar surface area (TPSA) is 107 Å². The normalized spacial score (nSPS) is 23.8. The molecule has 1 aliphatic heterocycles. The lowest BCUT2D eigenvalue weighted by atomic mass is 10.2. The van der Waals surface area contributed by atoms with Gasteiger partial charge in [0.1, 0.15) is 6.10 Å². The number of aliphatic hydroxyl groups is 4. The van der Waals surface area contributed by atoms with Gasteiger partial charge in [-0.25, -0.2) is 4.79 Å². The van der Waals surface area contributed by atoms with Gasteiger partial charge in [0.25, 0.3) is 0 Å². The third-order valence-electron chi connectivity index (χ3n) is 1.48. The summed E-state index contributed by atoms with van der Waals surface area (Å²) < 4.78 is 4.32. The van der Waals surface area contributed by atoms with Crippen molar-refractivity contribution in [3.8, 4) is 0 Å². The van der Waals surface area contributed by atoms with E-state index in [0.29, 0.717) is 0 Å². The van der Waals surface area contributed by atoms with Gasteiger partial charge in [0.15, 0.2) is 11.9 Å². The van der Waals surface area contributed by atoms with Gasteiger partial charge >= 0.3 is 29.0 Å². The number of carbonyl (C=O) groups excluding carboxylic acids is 1. The molecule has 0 spiro atoms. The van der Waals surface area contributed by atoms with E-state index in [1.54, 1.807) is 0 Å². The first-order chi connectivity index (χ1) is 5.57. The monoisotopic (exact) mass is 202 g/mol. The fourth-order valence-corrected chi connectivity index (χ4v) is 0.823. The van der Waals surface area contributed by atoms with Crippen LogP contribution in [-0.2, 0) is 9.53 Å². The summed E-state index contributed by atoms with van der Waals surface area (Å²) >= 11 is 0. The van der Waals surface area contributed by atoms with Gasteiger partial charge < -0.3 is 25.2 Å². The second-order valence-electron chi connectivity index (χ2n) is 2.31. The van der Waals surface area contributed by atoms with Crippen LogP contribution in [0.25, 0.3) is 0 Å². The van der Waals surface area contributed by atoms with Gasteiger partial charge in [-0.2, -0.15) is 0 Å². The highest BCUT2D eigenvalue weighted by atomic mass is 24.3. The Hall–Kier alpha value is -0.504. The molecule has 4 N–H and O–H groups in total. The second-order valence-corrected chi connectivity index (χ2v) is 2.31. The minimum atomic E-state index is -1.42. The predicted molar refractivity (Wildman–Crippen MR) is 43.8 cm³/mol. The molecule has 13 heavy (non-hydrogen) atoms. The van der Waals surface area contributed by atoms with Crippen molar-refractivity contribution in [3.63, 3.8) is 0 Å². The summed E-state index contributed by atoms with van der Waals surface area (Å²) in [5, 5.41) is 35.0. The maximum absolute atomic E-state index is 10.5. The molecule has 0 amide bonds. The Labute approximate surface area is 89.6 Å². The molecule has 0 bridgehead atoms. The van der Waals surface area contributed by atoms with Crippen LogP contribution in [0.3, 0.4) is 0 Å². The molecule has 1 heterocycles. The summed E-state index contributed by atoms with van der Waals surface area (Å²) in [5.74, 6) is -2.78. The smallest absolute Gasteiger partial charge is 0.377 e. The molecule has 1 unspecified atom stereocenters. The number of carbonyl (C=O) groups is 1. The minimum absolute atomic E-state index is 0. The molecule has 0 aromatic rings. The number of cyclic esters (lactones) is 1. The standard InChI is InChI=1S/C6H8O6.Mg.2H/c7-1-2(8)5-3(9)4(10)6(11)12-5;;;/h2,5,7-10H,1H2;;;/t2?,5-;;;/m1.../s1. The van der Waals surface area contributed by atoms with Crippen LogP contribution in [0.15, 0.2) is 11.5 Å².